The number of hydrogen-bond acceptors (Lipinski definition) is 22. The average molecular weight is 1370 g/mol. The van der Waals surface area contributed by atoms with Crippen LogP contribution in [0.3, 0.4) is 0 Å². The van der Waals surface area contributed by atoms with Gasteiger partial charge in [-0.1, -0.05) is 96.9 Å². The van der Waals surface area contributed by atoms with Crippen LogP contribution in [0.5, 0.6) is 0 Å². The van der Waals surface area contributed by atoms with Gasteiger partial charge in [-0.2, -0.15) is 0 Å². The Labute approximate surface area is 543 Å². The summed E-state index contributed by atoms with van der Waals surface area (Å²) in [6, 6.07) is 3.24. The maximum absolute atomic E-state index is 8.02. The molecule has 29 heteroatoms. The lowest BCUT2D eigenvalue weighted by atomic mass is 10.4. The minimum absolute atomic E-state index is 0.393. The van der Waals surface area contributed by atoms with E-state index in [0.29, 0.717) is 61.6 Å². The van der Waals surface area contributed by atoms with E-state index >= 15 is 0 Å². The molecule has 0 saturated heterocycles. The predicted octanol–water partition coefficient (Wildman–Crippen LogP) is 9.60. The van der Waals surface area contributed by atoms with Gasteiger partial charge >= 0.3 is 61.6 Å². The second-order valence-electron chi connectivity index (χ2n) is 22.1. The molecule has 0 aliphatic carbocycles. The second-order valence-corrected chi connectivity index (χ2v) is 43.8. The van der Waals surface area contributed by atoms with Crippen LogP contribution in [-0.4, -0.2) is 297 Å². The van der Waals surface area contributed by atoms with Crippen LogP contribution >= 0.6 is 0 Å². The Morgan fingerprint density at radius 1 is 0.172 bits per heavy atom. The highest BCUT2D eigenvalue weighted by Gasteiger charge is 2.66. The summed E-state index contributed by atoms with van der Waals surface area (Å²) in [6.07, 6.45) is 5.10. The molecule has 524 valence electrons. The summed E-state index contributed by atoms with van der Waals surface area (Å²) in [6.45, 7) is 49.1. The van der Waals surface area contributed by atoms with Crippen LogP contribution in [0.4, 0.5) is 0 Å². The molecular formula is C58H139N7O15Si7. The van der Waals surface area contributed by atoms with Crippen LogP contribution in [0.25, 0.3) is 0 Å². The van der Waals surface area contributed by atoms with Gasteiger partial charge in [0.25, 0.3) is 0 Å². The van der Waals surface area contributed by atoms with Gasteiger partial charge in [0.15, 0.2) is 0 Å². The molecule has 0 radical (unpaired) electrons. The van der Waals surface area contributed by atoms with Crippen LogP contribution in [0, 0.1) is 0 Å². The molecule has 0 aliphatic heterocycles. The summed E-state index contributed by atoms with van der Waals surface area (Å²) in [5.74, 6) is 0. The standard InChI is InChI=1S/C58H139N7O15Si7/c1-24-59(25-2)45-38-52-81(66-15,67-16)75-83(70-19,54-40-47-61(28-5)29-6)77-85(72-21,56-42-49-63(32-9)33-10)79-87(74-23,58-44-51-65(36-13)37-14)80-86(73-22,57-43-50-64(34-11)35-12)78-84(71-20,55-41-48-62(30-7)31-8)76-82(68-17,69-18)53-39-46-60(26-3)27-4/h24-58H2,1-23H3. The topological polar surface area (TPSA) is 161 Å². The molecular weight excluding hydrogens is 1230 g/mol. The maximum atomic E-state index is 8.02. The van der Waals surface area contributed by atoms with Crippen molar-refractivity contribution in [2.45, 2.75) is 184 Å². The van der Waals surface area contributed by atoms with E-state index < -0.39 is 61.6 Å². The smallest absolute Gasteiger partial charge is 0.378 e. The third-order valence-electron chi connectivity index (χ3n) is 17.6. The summed E-state index contributed by atoms with van der Waals surface area (Å²) in [4.78, 5) is 16.9. The molecule has 0 aromatic heterocycles. The molecule has 0 rings (SSSR count). The highest BCUT2D eigenvalue weighted by atomic mass is 28.5. The van der Waals surface area contributed by atoms with Crippen molar-refractivity contribution in [1.29, 1.82) is 0 Å². The lowest BCUT2D eigenvalue weighted by Gasteiger charge is -2.47. The Kier molecular flexibility index (Phi) is 49.6. The van der Waals surface area contributed by atoms with Gasteiger partial charge in [0.1, 0.15) is 0 Å². The van der Waals surface area contributed by atoms with Crippen molar-refractivity contribution in [3.63, 3.8) is 0 Å². The third-order valence-corrected chi connectivity index (χ3v) is 44.9. The van der Waals surface area contributed by atoms with Crippen molar-refractivity contribution >= 4 is 61.6 Å². The lowest BCUT2D eigenvalue weighted by Crippen LogP contribution is -2.70. The zero-order valence-electron chi connectivity index (χ0n) is 60.5. The molecule has 0 fully saturated rings. The zero-order chi connectivity index (χ0) is 65.9. The van der Waals surface area contributed by atoms with Crippen molar-refractivity contribution in [2.24, 2.45) is 0 Å². The van der Waals surface area contributed by atoms with Gasteiger partial charge in [-0.25, -0.2) is 0 Å². The Balaban J connectivity index is 9.15. The molecule has 22 nitrogen and oxygen atoms in total. The minimum Gasteiger partial charge on any atom is -0.378 e. The number of rotatable bonds is 63. The quantitative estimate of drug-likeness (QED) is 0.0529. The van der Waals surface area contributed by atoms with Gasteiger partial charge < -0.3 is 98.8 Å². The number of nitrogens with zero attached hydrogens (tertiary/aromatic N) is 7. The Hall–Kier alpha value is 0.638. The molecule has 0 bridgehead atoms. The molecule has 0 spiro atoms. The normalized spacial score (nSPS) is 16.5. The van der Waals surface area contributed by atoms with Crippen molar-refractivity contribution in [3.8, 4) is 0 Å². The van der Waals surface area contributed by atoms with E-state index in [9.17, 15) is 0 Å². The molecule has 4 atom stereocenters. The lowest BCUT2D eigenvalue weighted by molar-refractivity contribution is 0.0482. The van der Waals surface area contributed by atoms with Crippen LogP contribution < -0.4 is 0 Å². The fraction of sp³-hybridized carbons (Fsp3) is 1.00. The molecule has 0 heterocycles. The highest BCUT2D eigenvalue weighted by molar-refractivity contribution is 6.87. The van der Waals surface area contributed by atoms with Crippen LogP contribution in [-0.2, 0) is 64.5 Å². The van der Waals surface area contributed by atoms with Gasteiger partial charge in [0.05, 0.1) is 0 Å². The van der Waals surface area contributed by atoms with E-state index in [1.54, 1.807) is 64.0 Å². The molecule has 0 saturated carbocycles. The van der Waals surface area contributed by atoms with E-state index in [4.69, 9.17) is 64.5 Å². The van der Waals surface area contributed by atoms with E-state index in [1.165, 1.54) is 0 Å². The summed E-state index contributed by atoms with van der Waals surface area (Å²) >= 11 is 0. The van der Waals surface area contributed by atoms with Crippen LogP contribution in [0.2, 0.25) is 42.3 Å². The van der Waals surface area contributed by atoms with Gasteiger partial charge in [-0.3, -0.25) is 0 Å². The van der Waals surface area contributed by atoms with Gasteiger partial charge in [-0.15, -0.1) is 0 Å². The van der Waals surface area contributed by atoms with Gasteiger partial charge in [0, 0.05) is 106 Å². The van der Waals surface area contributed by atoms with Crippen molar-refractivity contribution < 1.29 is 64.5 Å². The first-order chi connectivity index (χ1) is 41.7. The number of hydrogen-bond donors (Lipinski definition) is 0. The fourth-order valence-corrected chi connectivity index (χ4v) is 41.2. The van der Waals surface area contributed by atoms with E-state index in [1.807, 2.05) is 0 Å². The van der Waals surface area contributed by atoms with E-state index in [2.05, 4.69) is 131 Å². The average Bonchev–Trinajstić information content (AvgIpc) is 3.70. The summed E-state index contributed by atoms with van der Waals surface area (Å²) < 4.78 is 108. The van der Waals surface area contributed by atoms with Crippen molar-refractivity contribution in [1.82, 2.24) is 34.3 Å². The monoisotopic (exact) mass is 1370 g/mol. The fourth-order valence-electron chi connectivity index (χ4n) is 11.2. The molecule has 0 aromatic carbocycles. The summed E-state index contributed by atoms with van der Waals surface area (Å²) in [5.41, 5.74) is 0. The first kappa shape index (κ1) is 87.6. The van der Waals surface area contributed by atoms with Gasteiger partial charge in [-0.05, 0) is 182 Å². The largest absolute Gasteiger partial charge is 0.493 e. The predicted molar refractivity (Wildman–Crippen MR) is 370 cm³/mol. The van der Waals surface area contributed by atoms with Crippen molar-refractivity contribution in [3.05, 3.63) is 0 Å². The minimum atomic E-state index is -4.18. The highest BCUT2D eigenvalue weighted by Crippen LogP contribution is 2.39. The molecule has 0 amide bonds. The molecule has 87 heavy (non-hydrogen) atoms. The Bertz CT molecular complexity index is 1520. The SMILES string of the molecule is CCN(CC)CCC[Si](OC)(OC)O[Si](CCCN(CC)CC)(OC)O[Si](CCCN(CC)CC)(OC)O[Si](CCCN(CC)CC)(OC)O[Si](CCCN(CC)CC)(OC)O[Si](CCCN(CC)CC)(OC)O[Si](CCCN(CC)CC)(OC)OC. The summed E-state index contributed by atoms with van der Waals surface area (Å²) in [7, 11) is -12.1. The first-order valence-corrected chi connectivity index (χ1v) is 47.5. The van der Waals surface area contributed by atoms with Crippen LogP contribution in [0.15, 0.2) is 0 Å². The van der Waals surface area contributed by atoms with Gasteiger partial charge in [0.2, 0.25) is 0 Å². The second kappa shape index (κ2) is 49.2. The molecule has 0 aliphatic rings. The molecule has 4 unspecified atom stereocenters. The van der Waals surface area contributed by atoms with Crippen LogP contribution in [0.1, 0.15) is 142 Å². The molecule has 0 N–H and O–H groups in total. The first-order valence-electron chi connectivity index (χ1n) is 34.0. The van der Waals surface area contributed by atoms with E-state index in [0.717, 1.165) is 163 Å². The van der Waals surface area contributed by atoms with Crippen molar-refractivity contribution in [2.75, 3.05) is 201 Å². The Morgan fingerprint density at radius 3 is 0.379 bits per heavy atom. The summed E-state index contributed by atoms with van der Waals surface area (Å²) in [5, 5.41) is 0. The Morgan fingerprint density at radius 2 is 0.276 bits per heavy atom. The van der Waals surface area contributed by atoms with E-state index in [-0.39, 0.29) is 0 Å². The zero-order valence-corrected chi connectivity index (χ0v) is 67.5. The molecule has 0 aromatic rings. The maximum Gasteiger partial charge on any atom is 0.493 e. The third kappa shape index (κ3) is 31.4.